The molecule has 0 amide bonds. The van der Waals surface area contributed by atoms with E-state index in [4.69, 9.17) is 15.7 Å². The van der Waals surface area contributed by atoms with Crippen molar-refractivity contribution >= 4 is 5.84 Å². The second-order valence-corrected chi connectivity index (χ2v) is 5.47. The number of hydrogen-bond donors (Lipinski definition) is 2. The molecule has 1 aromatic carbocycles. The van der Waals surface area contributed by atoms with Crippen molar-refractivity contribution in [3.05, 3.63) is 29.8 Å². The van der Waals surface area contributed by atoms with E-state index < -0.39 is 0 Å². The van der Waals surface area contributed by atoms with Crippen LogP contribution in [0.5, 0.6) is 5.75 Å². The Morgan fingerprint density at radius 2 is 1.71 bits per heavy atom. The number of oxime groups is 1. The Morgan fingerprint density at radius 3 is 2.33 bits per heavy atom. The minimum atomic E-state index is 0.113. The van der Waals surface area contributed by atoms with E-state index in [1.807, 2.05) is 12.1 Å². The molecule has 0 radical (unpaired) electrons. The largest absolute Gasteiger partial charge is 0.492 e. The fraction of sp³-hybridized carbons (Fsp3) is 0.562. The summed E-state index contributed by atoms with van der Waals surface area (Å²) in [5.74, 6) is 0.929. The highest BCUT2D eigenvalue weighted by Crippen LogP contribution is 2.13. The first-order valence-electron chi connectivity index (χ1n) is 7.73. The van der Waals surface area contributed by atoms with Crippen LogP contribution in [0.15, 0.2) is 29.4 Å². The number of nitrogens with two attached hydrogens (primary N) is 1. The Bertz CT molecular complexity index is 437. The van der Waals surface area contributed by atoms with Gasteiger partial charge in [-0.2, -0.15) is 0 Å². The zero-order valence-corrected chi connectivity index (χ0v) is 12.5. The molecule has 0 aliphatic carbocycles. The molecule has 5 heteroatoms. The Balaban J connectivity index is 1.74. The lowest BCUT2D eigenvalue weighted by Crippen LogP contribution is -2.31. The minimum Gasteiger partial charge on any atom is -0.492 e. The Kier molecular flexibility index (Phi) is 6.34. The molecule has 116 valence electrons. The molecule has 1 aromatic rings. The quantitative estimate of drug-likeness (QED) is 0.378. The van der Waals surface area contributed by atoms with Crippen molar-refractivity contribution in [2.45, 2.75) is 32.1 Å². The number of rotatable bonds is 5. The molecule has 0 aromatic heterocycles. The summed E-state index contributed by atoms with van der Waals surface area (Å²) in [6.07, 6.45) is 6.69. The number of benzene rings is 1. The van der Waals surface area contributed by atoms with Gasteiger partial charge in [0, 0.05) is 12.1 Å². The molecule has 3 N–H and O–H groups in total. The highest BCUT2D eigenvalue weighted by Gasteiger charge is 2.08. The highest BCUT2D eigenvalue weighted by molar-refractivity contribution is 5.97. The lowest BCUT2D eigenvalue weighted by Gasteiger charge is -2.24. The molecule has 21 heavy (non-hydrogen) atoms. The maximum Gasteiger partial charge on any atom is 0.170 e. The molecular weight excluding hydrogens is 266 g/mol. The van der Waals surface area contributed by atoms with Gasteiger partial charge in [0.05, 0.1) is 0 Å². The number of nitrogens with zero attached hydrogens (tertiary/aromatic N) is 2. The van der Waals surface area contributed by atoms with Crippen LogP contribution in [0, 0.1) is 0 Å². The summed E-state index contributed by atoms with van der Waals surface area (Å²) in [7, 11) is 0. The molecule has 0 saturated carbocycles. The van der Waals surface area contributed by atoms with Crippen molar-refractivity contribution in [2.75, 3.05) is 26.2 Å². The van der Waals surface area contributed by atoms with Gasteiger partial charge in [-0.15, -0.1) is 0 Å². The van der Waals surface area contributed by atoms with Crippen LogP contribution in [0.3, 0.4) is 0 Å². The fourth-order valence-electron chi connectivity index (χ4n) is 2.61. The predicted molar refractivity (Wildman–Crippen MR) is 84.0 cm³/mol. The third-order valence-corrected chi connectivity index (χ3v) is 3.88. The van der Waals surface area contributed by atoms with Crippen molar-refractivity contribution in [3.8, 4) is 5.75 Å². The number of ether oxygens (including phenoxy) is 1. The second-order valence-electron chi connectivity index (χ2n) is 5.47. The van der Waals surface area contributed by atoms with E-state index in [0.717, 1.165) is 12.3 Å². The molecule has 5 nitrogen and oxygen atoms in total. The van der Waals surface area contributed by atoms with Crippen LogP contribution >= 0.6 is 0 Å². The van der Waals surface area contributed by atoms with Gasteiger partial charge in [0.1, 0.15) is 12.4 Å². The standard InChI is InChI=1S/C16H25N3O2/c17-16(18-20)14-6-8-15(9-7-14)21-13-12-19-10-4-2-1-3-5-11-19/h6-9,20H,1-5,10-13H2,(H2,17,18). The van der Waals surface area contributed by atoms with E-state index in [1.54, 1.807) is 12.1 Å². The van der Waals surface area contributed by atoms with Crippen LogP contribution in [0.1, 0.15) is 37.7 Å². The van der Waals surface area contributed by atoms with Crippen LogP contribution in [0.25, 0.3) is 0 Å². The molecule has 1 heterocycles. The summed E-state index contributed by atoms with van der Waals surface area (Å²) in [6.45, 7) is 4.04. The van der Waals surface area contributed by atoms with Gasteiger partial charge < -0.3 is 15.7 Å². The first-order valence-corrected chi connectivity index (χ1v) is 7.73. The van der Waals surface area contributed by atoms with E-state index in [2.05, 4.69) is 10.1 Å². The summed E-state index contributed by atoms with van der Waals surface area (Å²) in [5, 5.41) is 11.6. The first kappa shape index (κ1) is 15.6. The lowest BCUT2D eigenvalue weighted by molar-refractivity contribution is 0.195. The van der Waals surface area contributed by atoms with Crippen LogP contribution < -0.4 is 10.5 Å². The molecule has 0 unspecified atom stereocenters. The number of amidine groups is 1. The zero-order valence-electron chi connectivity index (χ0n) is 12.5. The van der Waals surface area contributed by atoms with Gasteiger partial charge in [-0.25, -0.2) is 0 Å². The monoisotopic (exact) mass is 291 g/mol. The van der Waals surface area contributed by atoms with E-state index in [1.165, 1.54) is 45.2 Å². The van der Waals surface area contributed by atoms with Crippen LogP contribution in [-0.2, 0) is 0 Å². The van der Waals surface area contributed by atoms with Gasteiger partial charge in [0.2, 0.25) is 0 Å². The number of likely N-dealkylation sites (tertiary alicyclic amines) is 1. The van der Waals surface area contributed by atoms with Crippen LogP contribution in [0.2, 0.25) is 0 Å². The Labute approximate surface area is 126 Å². The zero-order chi connectivity index (χ0) is 14.9. The molecule has 1 fully saturated rings. The van der Waals surface area contributed by atoms with Crippen molar-refractivity contribution in [1.29, 1.82) is 0 Å². The first-order chi connectivity index (χ1) is 10.3. The van der Waals surface area contributed by atoms with Crippen molar-refractivity contribution in [2.24, 2.45) is 10.9 Å². The molecule has 0 spiro atoms. The van der Waals surface area contributed by atoms with Crippen LogP contribution in [-0.4, -0.2) is 42.2 Å². The summed E-state index contributed by atoms with van der Waals surface area (Å²) in [4.78, 5) is 2.49. The fourth-order valence-corrected chi connectivity index (χ4v) is 2.61. The molecule has 0 atom stereocenters. The van der Waals surface area contributed by atoms with Gasteiger partial charge >= 0.3 is 0 Å². The summed E-state index contributed by atoms with van der Waals surface area (Å²) < 4.78 is 5.76. The van der Waals surface area contributed by atoms with Crippen molar-refractivity contribution in [1.82, 2.24) is 4.90 Å². The molecule has 1 aliphatic rings. The third kappa shape index (κ3) is 5.27. The lowest BCUT2D eigenvalue weighted by atomic mass is 10.1. The summed E-state index contributed by atoms with van der Waals surface area (Å²) in [5.41, 5.74) is 6.21. The molecule has 0 bridgehead atoms. The number of hydrogen-bond acceptors (Lipinski definition) is 4. The predicted octanol–water partition coefficient (Wildman–Crippen LogP) is 2.43. The molecule has 2 rings (SSSR count). The third-order valence-electron chi connectivity index (χ3n) is 3.88. The molecule has 1 saturated heterocycles. The normalized spacial score (nSPS) is 18.0. The van der Waals surface area contributed by atoms with Gasteiger partial charge in [0.25, 0.3) is 0 Å². The smallest absolute Gasteiger partial charge is 0.170 e. The second kappa shape index (κ2) is 8.52. The van der Waals surface area contributed by atoms with E-state index in [-0.39, 0.29) is 5.84 Å². The van der Waals surface area contributed by atoms with Gasteiger partial charge in [-0.3, -0.25) is 4.90 Å². The molecular formula is C16H25N3O2. The average Bonchev–Trinajstić information content (AvgIpc) is 2.49. The SMILES string of the molecule is N/C(=N/O)c1ccc(OCCN2CCCCCCC2)cc1. The van der Waals surface area contributed by atoms with Crippen molar-refractivity contribution in [3.63, 3.8) is 0 Å². The Hall–Kier alpha value is -1.75. The van der Waals surface area contributed by atoms with Crippen molar-refractivity contribution < 1.29 is 9.94 Å². The van der Waals surface area contributed by atoms with E-state index in [0.29, 0.717) is 12.2 Å². The maximum atomic E-state index is 8.61. The van der Waals surface area contributed by atoms with Crippen LogP contribution in [0.4, 0.5) is 0 Å². The van der Waals surface area contributed by atoms with E-state index in [9.17, 15) is 0 Å². The average molecular weight is 291 g/mol. The summed E-state index contributed by atoms with van der Waals surface area (Å²) >= 11 is 0. The Morgan fingerprint density at radius 1 is 1.10 bits per heavy atom. The van der Waals surface area contributed by atoms with Gasteiger partial charge in [-0.1, -0.05) is 24.4 Å². The van der Waals surface area contributed by atoms with E-state index >= 15 is 0 Å². The summed E-state index contributed by atoms with van der Waals surface area (Å²) in [6, 6.07) is 7.28. The topological polar surface area (TPSA) is 71.1 Å². The van der Waals surface area contributed by atoms with Gasteiger partial charge in [0.15, 0.2) is 5.84 Å². The minimum absolute atomic E-state index is 0.113. The highest BCUT2D eigenvalue weighted by atomic mass is 16.5. The maximum absolute atomic E-state index is 8.61. The van der Waals surface area contributed by atoms with Gasteiger partial charge in [-0.05, 0) is 50.2 Å². The molecule has 1 aliphatic heterocycles.